The number of hydrogen-bond donors (Lipinski definition) is 1. The van der Waals surface area contributed by atoms with Crippen molar-refractivity contribution in [2.45, 2.75) is 50.2 Å². The van der Waals surface area contributed by atoms with Crippen LogP contribution in [0.5, 0.6) is 0 Å². The average Bonchev–Trinajstić information content (AvgIpc) is 3.18. The molecule has 0 radical (unpaired) electrons. The number of hydrogen-bond acceptors (Lipinski definition) is 5. The lowest BCUT2D eigenvalue weighted by molar-refractivity contribution is -0.133. The summed E-state index contributed by atoms with van der Waals surface area (Å²) in [6.45, 7) is 5.79. The zero-order valence-corrected chi connectivity index (χ0v) is 15.2. The summed E-state index contributed by atoms with van der Waals surface area (Å²) >= 11 is 1.36. The molecule has 7 nitrogen and oxygen atoms in total. The van der Waals surface area contributed by atoms with Gasteiger partial charge in [0.2, 0.25) is 11.8 Å². The second-order valence-corrected chi connectivity index (χ2v) is 7.95. The van der Waals surface area contributed by atoms with E-state index in [0.717, 1.165) is 11.0 Å². The molecule has 0 aliphatic heterocycles. The minimum Gasteiger partial charge on any atom is -0.350 e. The fraction of sp³-hybridized carbons (Fsp3) is 0.733. The Balaban J connectivity index is 1.81. The van der Waals surface area contributed by atoms with E-state index in [1.54, 1.807) is 7.05 Å². The monoisotopic (exact) mass is 339 g/mol. The van der Waals surface area contributed by atoms with Crippen molar-refractivity contribution in [1.82, 2.24) is 25.0 Å². The number of nitrogens with one attached hydrogen (secondary N) is 1. The van der Waals surface area contributed by atoms with Gasteiger partial charge in [-0.1, -0.05) is 11.8 Å². The van der Waals surface area contributed by atoms with Gasteiger partial charge in [-0.2, -0.15) is 0 Å². The molecule has 1 fully saturated rings. The molecule has 0 spiro atoms. The molecule has 23 heavy (non-hydrogen) atoms. The van der Waals surface area contributed by atoms with Crippen LogP contribution in [0.1, 0.15) is 45.4 Å². The molecule has 1 heterocycles. The summed E-state index contributed by atoms with van der Waals surface area (Å²) in [5.41, 5.74) is -0.298. The van der Waals surface area contributed by atoms with Gasteiger partial charge >= 0.3 is 0 Å². The molecule has 1 N–H and O–H groups in total. The second kappa shape index (κ2) is 6.90. The van der Waals surface area contributed by atoms with Crippen molar-refractivity contribution in [3.8, 4) is 0 Å². The summed E-state index contributed by atoms with van der Waals surface area (Å²) in [6.07, 6.45) is 2.34. The number of likely N-dealkylation sites (N-methyl/N-ethyl adjacent to an activating group) is 1. The lowest BCUT2D eigenvalue weighted by Crippen LogP contribution is -2.46. The van der Waals surface area contributed by atoms with E-state index in [1.165, 1.54) is 29.5 Å². The van der Waals surface area contributed by atoms with Gasteiger partial charge in [0.1, 0.15) is 5.82 Å². The van der Waals surface area contributed by atoms with Crippen LogP contribution in [0.4, 0.5) is 0 Å². The van der Waals surface area contributed by atoms with E-state index in [2.05, 4.69) is 15.5 Å². The number of rotatable bonds is 6. The maximum absolute atomic E-state index is 12.1. The third-order valence-corrected chi connectivity index (χ3v) is 4.46. The first kappa shape index (κ1) is 17.8. The Morgan fingerprint density at radius 2 is 2.00 bits per heavy atom. The van der Waals surface area contributed by atoms with Crippen LogP contribution in [-0.2, 0) is 16.6 Å². The van der Waals surface area contributed by atoms with Crippen LogP contribution < -0.4 is 5.32 Å². The Morgan fingerprint density at radius 3 is 2.57 bits per heavy atom. The predicted molar refractivity (Wildman–Crippen MR) is 89.2 cm³/mol. The molecule has 0 bridgehead atoms. The third-order valence-electron chi connectivity index (χ3n) is 3.46. The van der Waals surface area contributed by atoms with Crippen molar-refractivity contribution in [3.63, 3.8) is 0 Å². The first-order valence-corrected chi connectivity index (χ1v) is 8.73. The van der Waals surface area contributed by atoms with Crippen LogP contribution in [0.3, 0.4) is 0 Å². The Hall–Kier alpha value is -1.57. The summed E-state index contributed by atoms with van der Waals surface area (Å²) < 4.78 is 1.96. The van der Waals surface area contributed by atoms with Crippen molar-refractivity contribution in [2.75, 3.05) is 19.3 Å². The first-order chi connectivity index (χ1) is 10.7. The Labute approximate surface area is 141 Å². The SMILES string of the molecule is CN(CC(=O)NC(C)(C)C)C(=O)CSc1nnc(C2CC2)n1C. The van der Waals surface area contributed by atoms with Gasteiger partial charge in [-0.25, -0.2) is 0 Å². The Morgan fingerprint density at radius 1 is 1.35 bits per heavy atom. The molecule has 0 saturated heterocycles. The minimum absolute atomic E-state index is 0.0583. The Bertz CT molecular complexity index is 589. The highest BCUT2D eigenvalue weighted by atomic mass is 32.2. The normalized spacial score (nSPS) is 14.7. The van der Waals surface area contributed by atoms with Gasteiger partial charge in [0.05, 0.1) is 12.3 Å². The molecule has 128 valence electrons. The lowest BCUT2D eigenvalue weighted by Gasteiger charge is -2.23. The third kappa shape index (κ3) is 5.23. The molecule has 1 aromatic heterocycles. The Kier molecular flexibility index (Phi) is 5.33. The fourth-order valence-electron chi connectivity index (χ4n) is 2.15. The van der Waals surface area contributed by atoms with Gasteiger partial charge in [0, 0.05) is 25.6 Å². The van der Waals surface area contributed by atoms with E-state index in [4.69, 9.17) is 0 Å². The molecule has 1 saturated carbocycles. The smallest absolute Gasteiger partial charge is 0.240 e. The highest BCUT2D eigenvalue weighted by Gasteiger charge is 2.29. The van der Waals surface area contributed by atoms with Crippen LogP contribution in [-0.4, -0.2) is 56.4 Å². The molecular weight excluding hydrogens is 314 g/mol. The first-order valence-electron chi connectivity index (χ1n) is 7.74. The van der Waals surface area contributed by atoms with Gasteiger partial charge in [0.25, 0.3) is 0 Å². The highest BCUT2D eigenvalue weighted by Crippen LogP contribution is 2.39. The molecule has 1 aliphatic carbocycles. The van der Waals surface area contributed by atoms with E-state index < -0.39 is 0 Å². The minimum atomic E-state index is -0.298. The fourth-order valence-corrected chi connectivity index (χ4v) is 3.01. The summed E-state index contributed by atoms with van der Waals surface area (Å²) in [5, 5.41) is 11.9. The molecule has 0 unspecified atom stereocenters. The molecule has 2 amide bonds. The quantitative estimate of drug-likeness (QED) is 0.787. The summed E-state index contributed by atoms with van der Waals surface area (Å²) in [6, 6.07) is 0. The standard InChI is InChI=1S/C15H25N5O2S/c1-15(2,3)16-11(21)8-19(4)12(22)9-23-14-18-17-13(20(14)5)10-6-7-10/h10H,6-9H2,1-5H3,(H,16,21). The number of amides is 2. The van der Waals surface area contributed by atoms with E-state index in [0.29, 0.717) is 5.92 Å². The van der Waals surface area contributed by atoms with Crippen molar-refractivity contribution < 1.29 is 9.59 Å². The van der Waals surface area contributed by atoms with Crippen LogP contribution in [0.2, 0.25) is 0 Å². The zero-order valence-electron chi connectivity index (χ0n) is 14.4. The summed E-state index contributed by atoms with van der Waals surface area (Å²) in [4.78, 5) is 25.4. The lowest BCUT2D eigenvalue weighted by atomic mass is 10.1. The van der Waals surface area contributed by atoms with Gasteiger partial charge in [0.15, 0.2) is 5.16 Å². The van der Waals surface area contributed by atoms with Crippen molar-refractivity contribution >= 4 is 23.6 Å². The molecule has 1 aromatic rings. The van der Waals surface area contributed by atoms with Gasteiger partial charge in [-0.3, -0.25) is 9.59 Å². The van der Waals surface area contributed by atoms with E-state index in [9.17, 15) is 9.59 Å². The molecular formula is C15H25N5O2S. The summed E-state index contributed by atoms with van der Waals surface area (Å²) in [5.74, 6) is 1.51. The van der Waals surface area contributed by atoms with E-state index in [-0.39, 0.29) is 29.7 Å². The predicted octanol–water partition coefficient (Wildman–Crippen LogP) is 1.16. The topological polar surface area (TPSA) is 80.1 Å². The van der Waals surface area contributed by atoms with Gasteiger partial charge in [-0.05, 0) is 33.6 Å². The highest BCUT2D eigenvalue weighted by molar-refractivity contribution is 7.99. The van der Waals surface area contributed by atoms with E-state index >= 15 is 0 Å². The molecule has 2 rings (SSSR count). The number of nitrogens with zero attached hydrogens (tertiary/aromatic N) is 4. The number of carbonyl (C=O) groups excluding carboxylic acids is 2. The van der Waals surface area contributed by atoms with Crippen molar-refractivity contribution in [3.05, 3.63) is 5.82 Å². The van der Waals surface area contributed by atoms with E-state index in [1.807, 2.05) is 32.4 Å². The average molecular weight is 339 g/mol. The summed E-state index contributed by atoms with van der Waals surface area (Å²) in [7, 11) is 3.57. The van der Waals surface area contributed by atoms with Crippen LogP contribution in [0.25, 0.3) is 0 Å². The van der Waals surface area contributed by atoms with Crippen LogP contribution >= 0.6 is 11.8 Å². The largest absolute Gasteiger partial charge is 0.350 e. The van der Waals surface area contributed by atoms with Crippen molar-refractivity contribution in [1.29, 1.82) is 0 Å². The van der Waals surface area contributed by atoms with Crippen molar-refractivity contribution in [2.24, 2.45) is 7.05 Å². The number of carbonyl (C=O) groups is 2. The molecule has 0 aromatic carbocycles. The number of thioether (sulfide) groups is 1. The number of aromatic nitrogens is 3. The van der Waals surface area contributed by atoms with Gasteiger partial charge in [-0.15, -0.1) is 10.2 Å². The molecule has 1 aliphatic rings. The maximum Gasteiger partial charge on any atom is 0.240 e. The van der Waals surface area contributed by atoms with Crippen LogP contribution in [0.15, 0.2) is 5.16 Å². The second-order valence-electron chi connectivity index (χ2n) is 7.01. The van der Waals surface area contributed by atoms with Crippen LogP contribution in [0, 0.1) is 0 Å². The van der Waals surface area contributed by atoms with Gasteiger partial charge < -0.3 is 14.8 Å². The molecule has 0 atom stereocenters. The maximum atomic E-state index is 12.1. The molecule has 8 heteroatoms. The zero-order chi connectivity index (χ0) is 17.2.